The molecule has 0 aliphatic carbocycles. The number of aliphatic hydroxyl groups excluding tert-OH is 6. The Hall–Kier alpha value is -2.64. The smallest absolute Gasteiger partial charge is 0.335 e. The monoisotopic (exact) mass is 520 g/mol. The molecule has 0 spiro atoms. The highest BCUT2D eigenvalue weighted by Crippen LogP contribution is 2.42. The molecule has 3 aliphatic rings. The molecule has 37 heavy (non-hydrogen) atoms. The van der Waals surface area contributed by atoms with Crippen LogP contribution in [0, 0.1) is 11.8 Å². The SMILES string of the molecule is C=C[C@H]1CN2CC[C@H]1C[C@@H]2[C@@H](O)c1ccnc2ccc(OC)cc12.O=C(O)[C@H](O)[C@H](O)[C@H](O)[C@H](O)CO. The van der Waals surface area contributed by atoms with Crippen LogP contribution in [0.3, 0.4) is 0 Å². The summed E-state index contributed by atoms with van der Waals surface area (Å²) in [5, 5.41) is 63.9. The molecule has 1 aromatic heterocycles. The van der Waals surface area contributed by atoms with Crippen molar-refractivity contribution in [2.75, 3.05) is 26.8 Å². The predicted molar refractivity (Wildman–Crippen MR) is 134 cm³/mol. The first-order valence-corrected chi connectivity index (χ1v) is 12.2. The second-order valence-electron chi connectivity index (χ2n) is 9.49. The Morgan fingerprint density at radius 2 is 1.95 bits per heavy atom. The molecule has 2 bridgehead atoms. The topological polar surface area (TPSA) is 184 Å². The van der Waals surface area contributed by atoms with Crippen LogP contribution >= 0.6 is 0 Å². The largest absolute Gasteiger partial charge is 0.497 e. The number of piperidine rings is 3. The van der Waals surface area contributed by atoms with Crippen LogP contribution in [0.15, 0.2) is 43.1 Å². The fourth-order valence-electron chi connectivity index (χ4n) is 5.11. The molecule has 0 saturated carbocycles. The molecule has 204 valence electrons. The predicted octanol–water partition coefficient (Wildman–Crippen LogP) is -0.320. The number of carboxylic acid groups (broad SMARTS) is 1. The van der Waals surface area contributed by atoms with Gasteiger partial charge < -0.3 is 40.5 Å². The number of ether oxygens (including phenoxy) is 1. The zero-order chi connectivity index (χ0) is 27.3. The first kappa shape index (κ1) is 28.9. The molecule has 4 heterocycles. The van der Waals surface area contributed by atoms with Crippen molar-refractivity contribution in [3.63, 3.8) is 0 Å². The molecular formula is C26H36N2O9. The van der Waals surface area contributed by atoms with Gasteiger partial charge in [-0.05, 0) is 61.1 Å². The number of pyridine rings is 1. The van der Waals surface area contributed by atoms with E-state index in [1.165, 1.54) is 6.42 Å². The van der Waals surface area contributed by atoms with Crippen molar-refractivity contribution in [2.45, 2.75) is 49.4 Å². The van der Waals surface area contributed by atoms with Crippen molar-refractivity contribution < 1.29 is 45.3 Å². The molecule has 5 rings (SSSR count). The van der Waals surface area contributed by atoms with Crippen molar-refractivity contribution in [2.24, 2.45) is 11.8 Å². The standard InChI is InChI=1S/C20H24N2O2.C6H12O7/c1-3-13-12-22-9-7-14(13)10-19(22)20(23)16-6-8-21-18-5-4-15(24-2)11-17(16)18;7-1-2(8)3(9)4(10)5(11)6(12)13/h3-6,8,11,13-14,19-20,23H,1,7,9-10,12H2,2H3;2-5,7-11H,1H2,(H,12,13)/t13-,14-,19+,20-;2-,3-,4-,5-/m01/s1. The van der Waals surface area contributed by atoms with Crippen molar-refractivity contribution in [1.29, 1.82) is 0 Å². The fourth-order valence-corrected chi connectivity index (χ4v) is 5.11. The van der Waals surface area contributed by atoms with Crippen LogP contribution < -0.4 is 4.74 Å². The third-order valence-corrected chi connectivity index (χ3v) is 7.33. The maximum Gasteiger partial charge on any atom is 0.335 e. The molecule has 3 fully saturated rings. The lowest BCUT2D eigenvalue weighted by atomic mass is 9.73. The number of carboxylic acids is 1. The van der Waals surface area contributed by atoms with E-state index >= 15 is 0 Å². The summed E-state index contributed by atoms with van der Waals surface area (Å²) >= 11 is 0. The fraction of sp³-hybridized carbons (Fsp3) is 0.538. The second-order valence-corrected chi connectivity index (χ2v) is 9.49. The summed E-state index contributed by atoms with van der Waals surface area (Å²) in [6.45, 7) is 5.23. The number of fused-ring (bicyclic) bond motifs is 4. The zero-order valence-corrected chi connectivity index (χ0v) is 20.7. The van der Waals surface area contributed by atoms with E-state index in [0.29, 0.717) is 11.8 Å². The van der Waals surface area contributed by atoms with Crippen molar-refractivity contribution >= 4 is 16.9 Å². The summed E-state index contributed by atoms with van der Waals surface area (Å²) in [5.41, 5.74) is 1.85. The maximum atomic E-state index is 11.2. The lowest BCUT2D eigenvalue weighted by Gasteiger charge is -2.50. The van der Waals surface area contributed by atoms with Crippen LogP contribution in [-0.2, 0) is 4.79 Å². The normalized spacial score (nSPS) is 26.8. The summed E-state index contributed by atoms with van der Waals surface area (Å²) in [6.07, 6.45) is -2.22. The van der Waals surface area contributed by atoms with E-state index in [9.17, 15) is 9.90 Å². The van der Waals surface area contributed by atoms with Gasteiger partial charge in [-0.25, -0.2) is 4.79 Å². The summed E-state index contributed by atoms with van der Waals surface area (Å²) < 4.78 is 5.35. The molecule has 11 heteroatoms. The van der Waals surface area contributed by atoms with Gasteiger partial charge in [0, 0.05) is 24.2 Å². The molecule has 11 nitrogen and oxygen atoms in total. The van der Waals surface area contributed by atoms with E-state index in [1.807, 2.05) is 24.3 Å². The number of hydrogen-bond acceptors (Lipinski definition) is 10. The van der Waals surface area contributed by atoms with Crippen molar-refractivity contribution in [1.82, 2.24) is 9.88 Å². The highest BCUT2D eigenvalue weighted by molar-refractivity contribution is 5.84. The number of benzene rings is 1. The number of aliphatic carboxylic acids is 1. The molecule has 3 aliphatic heterocycles. The number of carbonyl (C=O) groups is 1. The van der Waals surface area contributed by atoms with Gasteiger partial charge in [-0.3, -0.25) is 9.88 Å². The highest BCUT2D eigenvalue weighted by atomic mass is 16.5. The van der Waals surface area contributed by atoms with Gasteiger partial charge in [-0.1, -0.05) is 6.08 Å². The molecule has 0 amide bonds. The van der Waals surface area contributed by atoms with Crippen molar-refractivity contribution in [3.8, 4) is 5.75 Å². The van der Waals surface area contributed by atoms with E-state index < -0.39 is 43.1 Å². The Kier molecular flexibility index (Phi) is 9.96. The van der Waals surface area contributed by atoms with E-state index in [1.54, 1.807) is 13.3 Å². The minimum Gasteiger partial charge on any atom is -0.497 e. The number of aromatic nitrogens is 1. The Balaban J connectivity index is 0.000000251. The van der Waals surface area contributed by atoms with Gasteiger partial charge in [0.25, 0.3) is 0 Å². The van der Waals surface area contributed by atoms with Gasteiger partial charge in [-0.15, -0.1) is 6.58 Å². The van der Waals surface area contributed by atoms with E-state index in [-0.39, 0.29) is 6.04 Å². The quantitative estimate of drug-likeness (QED) is 0.215. The van der Waals surface area contributed by atoms with Gasteiger partial charge in [0.2, 0.25) is 0 Å². The molecule has 7 N–H and O–H groups in total. The zero-order valence-electron chi connectivity index (χ0n) is 20.7. The molecule has 3 saturated heterocycles. The van der Waals surface area contributed by atoms with Gasteiger partial charge >= 0.3 is 5.97 Å². The maximum absolute atomic E-state index is 11.2. The van der Waals surface area contributed by atoms with Gasteiger partial charge in [0.05, 0.1) is 25.3 Å². The molecule has 2 aromatic rings. The summed E-state index contributed by atoms with van der Waals surface area (Å²) in [7, 11) is 1.66. The van der Waals surface area contributed by atoms with Gasteiger partial charge in [-0.2, -0.15) is 0 Å². The summed E-state index contributed by atoms with van der Waals surface area (Å²) in [6, 6.07) is 7.96. The van der Waals surface area contributed by atoms with Crippen molar-refractivity contribution in [3.05, 3.63) is 48.7 Å². The molecule has 1 unspecified atom stereocenters. The third kappa shape index (κ3) is 6.44. The molecule has 1 aromatic carbocycles. The van der Waals surface area contributed by atoms with Gasteiger partial charge in [0.15, 0.2) is 6.10 Å². The average molecular weight is 521 g/mol. The number of aliphatic hydroxyl groups is 6. The van der Waals surface area contributed by atoms with E-state index in [4.69, 9.17) is 35.4 Å². The summed E-state index contributed by atoms with van der Waals surface area (Å²) in [5.74, 6) is 0.282. The Morgan fingerprint density at radius 1 is 1.22 bits per heavy atom. The number of nitrogens with zero attached hydrogens (tertiary/aromatic N) is 2. The minimum atomic E-state index is -2.20. The highest BCUT2D eigenvalue weighted by Gasteiger charge is 2.42. The van der Waals surface area contributed by atoms with Gasteiger partial charge in [0.1, 0.15) is 24.1 Å². The Labute approximate surface area is 214 Å². The number of hydrogen-bond donors (Lipinski definition) is 7. The van der Waals surface area contributed by atoms with Crippen LogP contribution in [0.4, 0.5) is 0 Å². The lowest BCUT2D eigenvalue weighted by molar-refractivity contribution is -0.164. The lowest BCUT2D eigenvalue weighted by Crippen LogP contribution is -2.54. The van der Waals surface area contributed by atoms with E-state index in [0.717, 1.165) is 41.7 Å². The van der Waals surface area contributed by atoms with Crippen LogP contribution in [0.5, 0.6) is 5.75 Å². The van der Waals surface area contributed by atoms with Crippen LogP contribution in [0.1, 0.15) is 24.5 Å². The number of rotatable bonds is 9. The Morgan fingerprint density at radius 3 is 2.51 bits per heavy atom. The minimum absolute atomic E-state index is 0.178. The molecular weight excluding hydrogens is 484 g/mol. The molecule has 0 radical (unpaired) electrons. The summed E-state index contributed by atoms with van der Waals surface area (Å²) in [4.78, 5) is 16.9. The molecule has 9 atom stereocenters. The third-order valence-electron chi connectivity index (χ3n) is 7.33. The first-order valence-electron chi connectivity index (χ1n) is 12.2. The van der Waals surface area contributed by atoms with Crippen LogP contribution in [0.25, 0.3) is 10.9 Å². The Bertz CT molecular complexity index is 1070. The average Bonchev–Trinajstić information content (AvgIpc) is 2.94. The van der Waals surface area contributed by atoms with Crippen LogP contribution in [0.2, 0.25) is 0 Å². The number of methoxy groups -OCH3 is 1. The first-order chi connectivity index (χ1) is 17.6. The second kappa shape index (κ2) is 12.7. The van der Waals surface area contributed by atoms with E-state index in [2.05, 4.69) is 22.5 Å². The van der Waals surface area contributed by atoms with Crippen LogP contribution in [-0.4, -0.2) is 109 Å².